The van der Waals surface area contributed by atoms with E-state index in [1.807, 2.05) is 0 Å². The Morgan fingerprint density at radius 2 is 0.907 bits per heavy atom. The molecule has 2 bridgehead atoms. The van der Waals surface area contributed by atoms with E-state index in [0.717, 1.165) is 11.1 Å². The molecule has 0 saturated carbocycles. The largest absolute Gasteiger partial charge is 0.426 e. The Morgan fingerprint density at radius 1 is 0.558 bits per heavy atom. The van der Waals surface area contributed by atoms with Gasteiger partial charge in [0.25, 0.3) is 0 Å². The zero-order valence-electron chi connectivity index (χ0n) is 29.6. The third-order valence-electron chi connectivity index (χ3n) is 9.05. The van der Waals surface area contributed by atoms with Crippen LogP contribution >= 0.6 is 8.60 Å². The van der Waals surface area contributed by atoms with Gasteiger partial charge in [0.2, 0.25) is 0 Å². The van der Waals surface area contributed by atoms with E-state index in [1.165, 1.54) is 61.2 Å². The zero-order valence-corrected chi connectivity index (χ0v) is 30.5. The molecule has 0 heterocycles. The second kappa shape index (κ2) is 10.7. The molecule has 4 heteroatoms. The fraction of sp³-hybridized carbons (Fsp3) is 0.538. The van der Waals surface area contributed by atoms with E-state index in [1.54, 1.807) is 0 Å². The predicted molar refractivity (Wildman–Crippen MR) is 186 cm³/mol. The molecule has 0 aliphatic heterocycles. The van der Waals surface area contributed by atoms with Gasteiger partial charge in [0, 0.05) is 17.0 Å². The van der Waals surface area contributed by atoms with Crippen molar-refractivity contribution < 1.29 is 14.3 Å². The highest BCUT2D eigenvalue weighted by Gasteiger charge is 2.41. The monoisotopic (exact) mass is 602 g/mol. The van der Waals surface area contributed by atoms with Gasteiger partial charge in [-0.3, -0.25) is 0 Å². The molecule has 4 rings (SSSR count). The molecule has 43 heavy (non-hydrogen) atoms. The van der Waals surface area contributed by atoms with Gasteiger partial charge in [-0.05, 0) is 92.5 Å². The summed E-state index contributed by atoms with van der Waals surface area (Å²) in [5.74, 6) is 0.766. The van der Waals surface area contributed by atoms with Crippen LogP contribution in [-0.2, 0) is 21.7 Å². The van der Waals surface area contributed by atoms with Crippen molar-refractivity contribution in [1.29, 1.82) is 0 Å². The first-order valence-corrected chi connectivity index (χ1v) is 16.9. The summed E-state index contributed by atoms with van der Waals surface area (Å²) in [6, 6.07) is 9.50. The van der Waals surface area contributed by atoms with E-state index in [-0.39, 0.29) is 27.6 Å². The van der Waals surface area contributed by atoms with Gasteiger partial charge < -0.3 is 14.3 Å². The maximum atomic E-state index is 10.5. The molecule has 2 N–H and O–H groups in total. The van der Waals surface area contributed by atoms with Crippen molar-refractivity contribution >= 4 is 8.60 Å². The van der Waals surface area contributed by atoms with Crippen molar-refractivity contribution in [3.63, 3.8) is 0 Å². The van der Waals surface area contributed by atoms with E-state index in [0.29, 0.717) is 5.75 Å². The topological polar surface area (TPSA) is 49.7 Å². The molecule has 0 saturated heterocycles. The third-order valence-corrected chi connectivity index (χ3v) is 9.40. The van der Waals surface area contributed by atoms with Crippen molar-refractivity contribution in [3.8, 4) is 28.0 Å². The summed E-state index contributed by atoms with van der Waals surface area (Å²) < 4.78 is 6.27. The highest BCUT2D eigenvalue weighted by molar-refractivity contribution is 7.39. The van der Waals surface area contributed by atoms with Crippen molar-refractivity contribution in [2.75, 3.05) is 0 Å². The van der Waals surface area contributed by atoms with Gasteiger partial charge in [-0.15, -0.1) is 0 Å². The predicted octanol–water partition coefficient (Wildman–Crippen LogP) is 11.2. The summed E-state index contributed by atoms with van der Waals surface area (Å²) in [7, 11) is -2.65. The van der Waals surface area contributed by atoms with E-state index in [4.69, 9.17) is 4.52 Å². The number of rotatable bonds is 2. The molecule has 234 valence electrons. The quantitative estimate of drug-likeness (QED) is 0.287. The molecular formula is C39H55O3P. The van der Waals surface area contributed by atoms with Gasteiger partial charge in [0.15, 0.2) is 0 Å². The lowest BCUT2D eigenvalue weighted by atomic mass is 9.64. The van der Waals surface area contributed by atoms with Crippen LogP contribution in [0.4, 0.5) is 0 Å². The molecule has 0 radical (unpaired) electrons. The zero-order chi connectivity index (χ0) is 32.8. The Balaban J connectivity index is 2.54. The lowest BCUT2D eigenvalue weighted by Crippen LogP contribution is -2.26. The second-order valence-electron chi connectivity index (χ2n) is 17.1. The van der Waals surface area contributed by atoms with Gasteiger partial charge in [-0.25, -0.2) is 0 Å². The van der Waals surface area contributed by atoms with Crippen LogP contribution in [0.1, 0.15) is 146 Å². The summed E-state index contributed by atoms with van der Waals surface area (Å²) in [6.07, 6.45) is 0. The van der Waals surface area contributed by atoms with Gasteiger partial charge >= 0.3 is 8.60 Å². The first-order chi connectivity index (χ1) is 19.4. The van der Waals surface area contributed by atoms with Crippen LogP contribution in [0.15, 0.2) is 24.3 Å². The van der Waals surface area contributed by atoms with E-state index >= 15 is 0 Å². The third kappa shape index (κ3) is 5.95. The molecule has 0 atom stereocenters. The number of fused-ring (bicyclic) bond motifs is 6. The Morgan fingerprint density at radius 3 is 1.19 bits per heavy atom. The van der Waals surface area contributed by atoms with Crippen molar-refractivity contribution in [1.82, 2.24) is 0 Å². The van der Waals surface area contributed by atoms with Gasteiger partial charge in [0.1, 0.15) is 5.75 Å². The smallest absolute Gasteiger partial charge is 0.391 e. The van der Waals surface area contributed by atoms with E-state index in [2.05, 4.69) is 135 Å². The van der Waals surface area contributed by atoms with Crippen LogP contribution in [0.3, 0.4) is 0 Å². The highest BCUT2D eigenvalue weighted by Crippen LogP contribution is 2.59. The SMILES string of the molecule is Cc1cc2c(c(C(C)(C)C)c1)-c1c(C)c(c(C(C)(C)C)c(OP(O)O)c1C(C)(C)C)-c1c(cc(C)cc1C(C)(C)C)C2C. The van der Waals surface area contributed by atoms with Crippen LogP contribution in [0.2, 0.25) is 0 Å². The molecule has 3 aromatic carbocycles. The average Bonchev–Trinajstić information content (AvgIpc) is 2.80. The Hall–Kier alpha value is -2.19. The normalized spacial score (nSPS) is 14.4. The maximum Gasteiger partial charge on any atom is 0.391 e. The molecule has 3 nitrogen and oxygen atoms in total. The van der Waals surface area contributed by atoms with Gasteiger partial charge in [-0.1, -0.05) is 125 Å². The van der Waals surface area contributed by atoms with Gasteiger partial charge in [0.05, 0.1) is 0 Å². The summed E-state index contributed by atoms with van der Waals surface area (Å²) in [4.78, 5) is 21.1. The molecule has 0 aromatic heterocycles. The average molecular weight is 603 g/mol. The molecule has 0 spiro atoms. The summed E-state index contributed by atoms with van der Waals surface area (Å²) >= 11 is 0. The molecule has 0 fully saturated rings. The molecule has 0 amide bonds. The lowest BCUT2D eigenvalue weighted by Gasteiger charge is -2.41. The number of aryl methyl sites for hydroxylation is 2. The summed E-state index contributed by atoms with van der Waals surface area (Å²) in [5, 5.41) is 0. The molecule has 1 aliphatic rings. The maximum absolute atomic E-state index is 10.5. The first-order valence-electron chi connectivity index (χ1n) is 15.8. The van der Waals surface area contributed by atoms with E-state index < -0.39 is 8.60 Å². The minimum absolute atomic E-state index is 0.118. The highest BCUT2D eigenvalue weighted by atomic mass is 31.2. The van der Waals surface area contributed by atoms with Crippen molar-refractivity contribution in [2.24, 2.45) is 0 Å². The lowest BCUT2D eigenvalue weighted by molar-refractivity contribution is 0.364. The van der Waals surface area contributed by atoms with Crippen molar-refractivity contribution in [2.45, 2.75) is 138 Å². The van der Waals surface area contributed by atoms with E-state index in [9.17, 15) is 9.79 Å². The number of hydrogen-bond acceptors (Lipinski definition) is 3. The fourth-order valence-electron chi connectivity index (χ4n) is 7.30. The molecule has 0 unspecified atom stereocenters. The Labute approximate surface area is 263 Å². The van der Waals surface area contributed by atoms with Crippen LogP contribution < -0.4 is 4.52 Å². The number of benzene rings is 3. The van der Waals surface area contributed by atoms with Crippen LogP contribution in [0.5, 0.6) is 5.75 Å². The van der Waals surface area contributed by atoms with Crippen LogP contribution in [0, 0.1) is 20.8 Å². The fourth-order valence-corrected chi connectivity index (χ4v) is 7.65. The van der Waals surface area contributed by atoms with Gasteiger partial charge in [-0.2, -0.15) is 0 Å². The summed E-state index contributed by atoms with van der Waals surface area (Å²) in [5.41, 5.74) is 15.1. The van der Waals surface area contributed by atoms with Crippen molar-refractivity contribution in [3.05, 3.63) is 74.3 Å². The van der Waals surface area contributed by atoms with Crippen LogP contribution in [-0.4, -0.2) is 9.79 Å². The molecule has 3 aromatic rings. The minimum Gasteiger partial charge on any atom is -0.426 e. The molecular weight excluding hydrogens is 547 g/mol. The minimum atomic E-state index is -2.65. The molecule has 1 aliphatic carbocycles. The Kier molecular flexibility index (Phi) is 8.40. The standard InChI is InChI=1S/C39H55O3P/c1-21-17-25-23(3)26-18-22(2)20-28(37(8,9)10)32(26)30-24(4)29(31(25)27(19-21)36(5,6)7)33(38(11,12)13)35(42-43(40)41)34(30)39(14,15)16/h17-20,23,40-41H,1-16H3. The summed E-state index contributed by atoms with van der Waals surface area (Å²) in [6.45, 7) is 36.2. The Bertz CT molecular complexity index is 1470. The first kappa shape index (κ1) is 33.7. The van der Waals surface area contributed by atoms with Crippen LogP contribution in [0.25, 0.3) is 22.3 Å². The number of hydrogen-bond donors (Lipinski definition) is 2. The second-order valence-corrected chi connectivity index (χ2v) is 17.8.